The first-order chi connectivity index (χ1) is 16.6. The number of hydrogen-bond donors (Lipinski definition) is 2. The number of anilines is 2. The number of rotatable bonds is 11. The highest BCUT2D eigenvalue weighted by molar-refractivity contribution is 5.95. The highest BCUT2D eigenvalue weighted by atomic mass is 19.1. The average Bonchev–Trinajstić information content (AvgIpc) is 3.66. The van der Waals surface area contributed by atoms with E-state index >= 15 is 0 Å². The zero-order chi connectivity index (χ0) is 23.9. The molecule has 9 heteroatoms. The summed E-state index contributed by atoms with van der Waals surface area (Å²) in [6.07, 6.45) is 8.89. The van der Waals surface area contributed by atoms with Crippen molar-refractivity contribution in [1.29, 1.82) is 0 Å². The van der Waals surface area contributed by atoms with Crippen molar-refractivity contribution in [2.45, 2.75) is 45.4 Å². The molecule has 1 atom stereocenters. The second kappa shape index (κ2) is 11.0. The monoisotopic (exact) mass is 464 g/mol. The van der Waals surface area contributed by atoms with Crippen molar-refractivity contribution in [1.82, 2.24) is 19.9 Å². The van der Waals surface area contributed by atoms with Crippen LogP contribution in [0.1, 0.15) is 51.1 Å². The van der Waals surface area contributed by atoms with Crippen molar-refractivity contribution in [2.24, 2.45) is 5.92 Å². The van der Waals surface area contributed by atoms with Crippen molar-refractivity contribution in [3.05, 3.63) is 54.4 Å². The van der Waals surface area contributed by atoms with Crippen LogP contribution in [0.4, 0.5) is 16.0 Å². The Bertz CT molecular complexity index is 1140. The maximum atomic E-state index is 14.9. The summed E-state index contributed by atoms with van der Waals surface area (Å²) in [5.41, 5.74) is 1.72. The molecule has 178 valence electrons. The number of halogens is 1. The molecule has 2 N–H and O–H groups in total. The molecule has 1 amide bonds. The first-order valence-corrected chi connectivity index (χ1v) is 11.7. The molecule has 1 aliphatic carbocycles. The van der Waals surface area contributed by atoms with Gasteiger partial charge in [0.1, 0.15) is 5.82 Å². The van der Waals surface area contributed by atoms with Crippen molar-refractivity contribution < 1.29 is 13.9 Å². The highest BCUT2D eigenvalue weighted by Gasteiger charge is 2.23. The summed E-state index contributed by atoms with van der Waals surface area (Å²) in [6.45, 7) is 5.02. The number of amides is 1. The van der Waals surface area contributed by atoms with Crippen molar-refractivity contribution in [2.75, 3.05) is 23.8 Å². The molecule has 0 aliphatic heterocycles. The average molecular weight is 465 g/mol. The first kappa shape index (κ1) is 23.5. The Morgan fingerprint density at radius 3 is 2.79 bits per heavy atom. The molecule has 4 rings (SSSR count). The fourth-order valence-electron chi connectivity index (χ4n) is 3.68. The molecule has 1 saturated carbocycles. The van der Waals surface area contributed by atoms with Gasteiger partial charge in [0.05, 0.1) is 42.0 Å². The Hall–Kier alpha value is -3.62. The molecule has 0 bridgehead atoms. The molecular formula is C25H29FN6O2. The zero-order valence-electron chi connectivity index (χ0n) is 19.4. The largest absolute Gasteiger partial charge is 0.477 e. The Balaban J connectivity index is 1.44. The van der Waals surface area contributed by atoms with Crippen LogP contribution in [0, 0.1) is 11.7 Å². The Labute approximate surface area is 198 Å². The van der Waals surface area contributed by atoms with E-state index in [-0.39, 0.29) is 11.6 Å². The predicted molar refractivity (Wildman–Crippen MR) is 128 cm³/mol. The fourth-order valence-corrected chi connectivity index (χ4v) is 3.68. The molecule has 1 fully saturated rings. The van der Waals surface area contributed by atoms with E-state index in [0.29, 0.717) is 41.8 Å². The van der Waals surface area contributed by atoms with Gasteiger partial charge in [-0.25, -0.2) is 19.3 Å². The number of carbonyl (C=O) groups is 1. The van der Waals surface area contributed by atoms with Gasteiger partial charge in [0.25, 0.3) is 0 Å². The third-order valence-corrected chi connectivity index (χ3v) is 5.72. The van der Waals surface area contributed by atoms with Crippen LogP contribution in [0.5, 0.6) is 5.88 Å². The predicted octanol–water partition coefficient (Wildman–Crippen LogP) is 4.82. The summed E-state index contributed by atoms with van der Waals surface area (Å²) in [7, 11) is 0. The first-order valence-electron chi connectivity index (χ1n) is 11.7. The van der Waals surface area contributed by atoms with E-state index in [1.165, 1.54) is 37.4 Å². The van der Waals surface area contributed by atoms with Crippen LogP contribution in [0.15, 0.2) is 42.9 Å². The van der Waals surface area contributed by atoms with Crippen LogP contribution in [0.2, 0.25) is 0 Å². The standard InChI is InChI=1S/C25H29FN6O2/c1-3-18(20-10-12-29-25(32-20)28-11-9-16-5-6-16)24(33)31-21-8-7-17(13-19(21)26)22-14-27-15-23(30-22)34-4-2/h7-8,10,12-16,18H,3-6,9,11H2,1-2H3,(H,31,33)(H,28,29,32). The number of hydrogen-bond acceptors (Lipinski definition) is 7. The molecule has 2 heterocycles. The summed E-state index contributed by atoms with van der Waals surface area (Å²) < 4.78 is 20.2. The van der Waals surface area contributed by atoms with Gasteiger partial charge in [0.15, 0.2) is 0 Å². The maximum absolute atomic E-state index is 14.9. The lowest BCUT2D eigenvalue weighted by atomic mass is 10.0. The molecular weight excluding hydrogens is 435 g/mol. The minimum absolute atomic E-state index is 0.0953. The lowest BCUT2D eigenvalue weighted by molar-refractivity contribution is -0.117. The quantitative estimate of drug-likeness (QED) is 0.420. The summed E-state index contributed by atoms with van der Waals surface area (Å²) in [4.78, 5) is 30.2. The maximum Gasteiger partial charge on any atom is 0.233 e. The van der Waals surface area contributed by atoms with Crippen LogP contribution in [0.25, 0.3) is 11.3 Å². The van der Waals surface area contributed by atoms with E-state index < -0.39 is 11.7 Å². The minimum atomic E-state index is -0.561. The van der Waals surface area contributed by atoms with E-state index in [9.17, 15) is 9.18 Å². The van der Waals surface area contributed by atoms with Gasteiger partial charge in [-0.05, 0) is 43.9 Å². The topological polar surface area (TPSA) is 102 Å². The van der Waals surface area contributed by atoms with E-state index in [1.54, 1.807) is 18.3 Å². The molecule has 1 aliphatic rings. The number of nitrogens with one attached hydrogen (secondary N) is 2. The number of carbonyl (C=O) groups excluding carboxylic acids is 1. The molecule has 8 nitrogen and oxygen atoms in total. The van der Waals surface area contributed by atoms with E-state index in [1.807, 2.05) is 13.8 Å². The molecule has 1 aromatic carbocycles. The third-order valence-electron chi connectivity index (χ3n) is 5.72. The van der Waals surface area contributed by atoms with Gasteiger partial charge in [0, 0.05) is 18.3 Å². The van der Waals surface area contributed by atoms with E-state index in [2.05, 4.69) is 30.6 Å². The summed E-state index contributed by atoms with van der Waals surface area (Å²) >= 11 is 0. The third kappa shape index (κ3) is 6.03. The molecule has 2 aromatic heterocycles. The van der Waals surface area contributed by atoms with E-state index in [0.717, 1.165) is 18.9 Å². The van der Waals surface area contributed by atoms with Crippen LogP contribution >= 0.6 is 0 Å². The smallest absolute Gasteiger partial charge is 0.233 e. The number of aromatic nitrogens is 4. The zero-order valence-corrected chi connectivity index (χ0v) is 19.4. The van der Waals surface area contributed by atoms with Gasteiger partial charge in [-0.15, -0.1) is 0 Å². The number of nitrogens with zero attached hydrogens (tertiary/aromatic N) is 4. The summed E-state index contributed by atoms with van der Waals surface area (Å²) in [5.74, 6) is 0.279. The van der Waals surface area contributed by atoms with Crippen LogP contribution in [-0.2, 0) is 4.79 Å². The Morgan fingerprint density at radius 1 is 1.21 bits per heavy atom. The van der Waals surface area contributed by atoms with E-state index in [4.69, 9.17) is 4.74 Å². The number of ether oxygens (including phenoxy) is 1. The lowest BCUT2D eigenvalue weighted by Crippen LogP contribution is -2.22. The molecule has 0 saturated heterocycles. The van der Waals surface area contributed by atoms with Gasteiger partial charge >= 0.3 is 0 Å². The van der Waals surface area contributed by atoms with Gasteiger partial charge in [-0.1, -0.05) is 25.8 Å². The molecule has 0 spiro atoms. The van der Waals surface area contributed by atoms with Crippen LogP contribution in [0.3, 0.4) is 0 Å². The number of benzene rings is 1. The fraction of sp³-hybridized carbons (Fsp3) is 0.400. The molecule has 1 unspecified atom stereocenters. The Kier molecular flexibility index (Phi) is 7.61. The molecule has 0 radical (unpaired) electrons. The van der Waals surface area contributed by atoms with Gasteiger partial charge < -0.3 is 15.4 Å². The molecule has 34 heavy (non-hydrogen) atoms. The van der Waals surface area contributed by atoms with Crippen LogP contribution in [-0.4, -0.2) is 39.0 Å². The minimum Gasteiger partial charge on any atom is -0.477 e. The van der Waals surface area contributed by atoms with Crippen molar-refractivity contribution in [3.8, 4) is 17.1 Å². The SMILES string of the molecule is CCOc1cncc(-c2ccc(NC(=O)C(CC)c3ccnc(NCCC4CC4)n3)c(F)c2)n1. The highest BCUT2D eigenvalue weighted by Crippen LogP contribution is 2.32. The summed E-state index contributed by atoms with van der Waals surface area (Å²) in [6, 6.07) is 6.26. The second-order valence-corrected chi connectivity index (χ2v) is 8.28. The summed E-state index contributed by atoms with van der Waals surface area (Å²) in [5, 5.41) is 5.93. The van der Waals surface area contributed by atoms with Gasteiger partial charge in [-0.3, -0.25) is 9.78 Å². The van der Waals surface area contributed by atoms with Crippen molar-refractivity contribution >= 4 is 17.5 Å². The second-order valence-electron chi connectivity index (χ2n) is 8.28. The van der Waals surface area contributed by atoms with Crippen molar-refractivity contribution in [3.63, 3.8) is 0 Å². The van der Waals surface area contributed by atoms with Gasteiger partial charge in [-0.2, -0.15) is 0 Å². The normalized spacial score (nSPS) is 13.9. The molecule has 3 aromatic rings. The van der Waals surface area contributed by atoms with Crippen LogP contribution < -0.4 is 15.4 Å². The Morgan fingerprint density at radius 2 is 2.06 bits per heavy atom. The lowest BCUT2D eigenvalue weighted by Gasteiger charge is -2.16. The van der Waals surface area contributed by atoms with Gasteiger partial charge in [0.2, 0.25) is 17.7 Å².